The lowest BCUT2D eigenvalue weighted by molar-refractivity contribution is -0.118. The summed E-state index contributed by atoms with van der Waals surface area (Å²) in [5.74, 6) is -0.205. The van der Waals surface area contributed by atoms with Crippen molar-refractivity contribution < 1.29 is 4.79 Å². The SMILES string of the molecule is N#C/C(=C/N1CCc2ccccc2C1)C(=O)NC1CCCCCCCCCCC1. The molecule has 1 aliphatic carbocycles. The summed E-state index contributed by atoms with van der Waals surface area (Å²) >= 11 is 0. The first-order valence-electron chi connectivity index (χ1n) is 11.5. The molecule has 0 atom stereocenters. The van der Waals surface area contributed by atoms with Crippen LogP contribution in [0.4, 0.5) is 0 Å². The predicted octanol–water partition coefficient (Wildman–Crippen LogP) is 5.24. The van der Waals surface area contributed by atoms with Gasteiger partial charge in [0.05, 0.1) is 0 Å². The van der Waals surface area contributed by atoms with Gasteiger partial charge in [-0.3, -0.25) is 4.79 Å². The van der Waals surface area contributed by atoms with E-state index < -0.39 is 0 Å². The van der Waals surface area contributed by atoms with Gasteiger partial charge in [0.15, 0.2) is 0 Å². The average molecular weight is 394 g/mol. The van der Waals surface area contributed by atoms with Gasteiger partial charge in [0.25, 0.3) is 5.91 Å². The van der Waals surface area contributed by atoms with Crippen molar-refractivity contribution in [3.05, 3.63) is 47.2 Å². The Morgan fingerprint density at radius 3 is 2.17 bits per heavy atom. The summed E-state index contributed by atoms with van der Waals surface area (Å²) in [6.45, 7) is 1.61. The highest BCUT2D eigenvalue weighted by atomic mass is 16.1. The van der Waals surface area contributed by atoms with Crippen LogP contribution in [0.15, 0.2) is 36.0 Å². The number of carbonyl (C=O) groups excluding carboxylic acids is 1. The van der Waals surface area contributed by atoms with E-state index >= 15 is 0 Å². The van der Waals surface area contributed by atoms with Crippen molar-refractivity contribution in [3.8, 4) is 6.07 Å². The number of hydrogen-bond acceptors (Lipinski definition) is 3. The van der Waals surface area contributed by atoms with E-state index in [0.717, 1.165) is 32.4 Å². The number of hydrogen-bond donors (Lipinski definition) is 1. The maximum Gasteiger partial charge on any atom is 0.263 e. The van der Waals surface area contributed by atoms with E-state index in [9.17, 15) is 10.1 Å². The molecule has 1 aromatic carbocycles. The van der Waals surface area contributed by atoms with Crippen LogP contribution in [0.3, 0.4) is 0 Å². The zero-order chi connectivity index (χ0) is 20.3. The molecule has 0 radical (unpaired) electrons. The first-order valence-corrected chi connectivity index (χ1v) is 11.5. The molecule has 3 rings (SSSR count). The third-order valence-corrected chi connectivity index (χ3v) is 6.28. The zero-order valence-electron chi connectivity index (χ0n) is 17.7. The molecule has 0 bridgehead atoms. The number of amides is 1. The molecular formula is C25H35N3O. The van der Waals surface area contributed by atoms with Gasteiger partial charge < -0.3 is 10.2 Å². The third kappa shape index (κ3) is 6.92. The Hall–Kier alpha value is -2.28. The lowest BCUT2D eigenvalue weighted by Crippen LogP contribution is -2.36. The molecule has 1 fully saturated rings. The standard InChI is InChI=1S/C25H35N3O/c26-18-23(20-28-17-16-21-12-10-11-13-22(21)19-28)25(29)27-24-14-8-6-4-2-1-3-5-7-9-15-24/h10-13,20,24H,1-9,14-17,19H2,(H,27,29)/b23-20-. The Kier molecular flexibility index (Phi) is 8.61. The van der Waals surface area contributed by atoms with Crippen LogP contribution < -0.4 is 5.32 Å². The van der Waals surface area contributed by atoms with E-state index in [0.29, 0.717) is 0 Å². The highest BCUT2D eigenvalue weighted by Gasteiger charge is 2.19. The topological polar surface area (TPSA) is 56.1 Å². The van der Waals surface area contributed by atoms with Crippen molar-refractivity contribution in [3.63, 3.8) is 0 Å². The van der Waals surface area contributed by atoms with Crippen molar-refractivity contribution in [2.75, 3.05) is 6.54 Å². The van der Waals surface area contributed by atoms with E-state index in [-0.39, 0.29) is 17.5 Å². The van der Waals surface area contributed by atoms with Gasteiger partial charge in [-0.15, -0.1) is 0 Å². The minimum absolute atomic E-state index is 0.195. The molecule has 29 heavy (non-hydrogen) atoms. The second kappa shape index (κ2) is 11.7. The molecule has 1 heterocycles. The molecule has 2 aliphatic rings. The summed E-state index contributed by atoms with van der Waals surface area (Å²) in [5.41, 5.74) is 2.89. The summed E-state index contributed by atoms with van der Waals surface area (Å²) < 4.78 is 0. The summed E-state index contributed by atoms with van der Waals surface area (Å²) in [7, 11) is 0. The van der Waals surface area contributed by atoms with Gasteiger partial charge in [-0.25, -0.2) is 0 Å². The second-order valence-corrected chi connectivity index (χ2v) is 8.57. The van der Waals surface area contributed by atoms with E-state index in [1.165, 1.54) is 68.9 Å². The van der Waals surface area contributed by atoms with Gasteiger partial charge in [-0.05, 0) is 30.4 Å². The summed E-state index contributed by atoms with van der Waals surface area (Å²) in [4.78, 5) is 14.9. The highest BCUT2D eigenvalue weighted by Crippen LogP contribution is 2.20. The fourth-order valence-electron chi connectivity index (χ4n) is 4.52. The summed E-state index contributed by atoms with van der Waals surface area (Å²) in [6, 6.07) is 10.7. The molecule has 0 saturated heterocycles. The molecule has 0 aromatic heterocycles. The molecule has 1 aromatic rings. The number of carbonyl (C=O) groups is 1. The number of rotatable bonds is 3. The van der Waals surface area contributed by atoms with E-state index in [2.05, 4.69) is 34.5 Å². The molecule has 1 aliphatic heterocycles. The normalized spacial score (nSPS) is 20.0. The average Bonchev–Trinajstić information content (AvgIpc) is 2.73. The van der Waals surface area contributed by atoms with Gasteiger partial charge >= 0.3 is 0 Å². The third-order valence-electron chi connectivity index (χ3n) is 6.28. The van der Waals surface area contributed by atoms with E-state index in [1.807, 2.05) is 6.07 Å². The van der Waals surface area contributed by atoms with Gasteiger partial charge in [0.2, 0.25) is 0 Å². The van der Waals surface area contributed by atoms with Crippen molar-refractivity contribution in [1.29, 1.82) is 5.26 Å². The maximum atomic E-state index is 12.8. The van der Waals surface area contributed by atoms with E-state index in [1.54, 1.807) is 6.20 Å². The molecule has 0 unspecified atom stereocenters. The first-order chi connectivity index (χ1) is 14.3. The van der Waals surface area contributed by atoms with Crippen LogP contribution in [0.1, 0.15) is 81.8 Å². The second-order valence-electron chi connectivity index (χ2n) is 8.57. The summed E-state index contributed by atoms with van der Waals surface area (Å²) in [6.07, 6.45) is 16.3. The minimum atomic E-state index is -0.205. The Labute approximate surface area is 176 Å². The van der Waals surface area contributed by atoms with Crippen molar-refractivity contribution in [1.82, 2.24) is 10.2 Å². The molecular weight excluding hydrogens is 358 g/mol. The van der Waals surface area contributed by atoms with Gasteiger partial charge in [-0.2, -0.15) is 5.26 Å². The lowest BCUT2D eigenvalue weighted by atomic mass is 9.97. The molecule has 1 amide bonds. The van der Waals surface area contributed by atoms with E-state index in [4.69, 9.17) is 0 Å². The smallest absolute Gasteiger partial charge is 0.263 e. The monoisotopic (exact) mass is 393 g/mol. The van der Waals surface area contributed by atoms with Crippen LogP contribution in [-0.4, -0.2) is 23.4 Å². The Morgan fingerprint density at radius 1 is 0.966 bits per heavy atom. The molecule has 0 spiro atoms. The molecule has 4 heteroatoms. The highest BCUT2D eigenvalue weighted by molar-refractivity contribution is 5.97. The lowest BCUT2D eigenvalue weighted by Gasteiger charge is -2.28. The summed E-state index contributed by atoms with van der Waals surface area (Å²) in [5, 5.41) is 12.8. The van der Waals surface area contributed by atoms with Gasteiger partial charge in [0, 0.05) is 25.3 Å². The van der Waals surface area contributed by atoms with Crippen LogP contribution in [0.2, 0.25) is 0 Å². The minimum Gasteiger partial charge on any atom is -0.371 e. The van der Waals surface area contributed by atoms with Crippen LogP contribution in [0.25, 0.3) is 0 Å². The number of nitrogens with one attached hydrogen (secondary N) is 1. The molecule has 156 valence electrons. The van der Waals surface area contributed by atoms with Gasteiger partial charge in [0.1, 0.15) is 11.6 Å². The van der Waals surface area contributed by atoms with Crippen LogP contribution >= 0.6 is 0 Å². The quantitative estimate of drug-likeness (QED) is 0.564. The van der Waals surface area contributed by atoms with Crippen LogP contribution in [-0.2, 0) is 17.8 Å². The Balaban J connectivity index is 1.57. The van der Waals surface area contributed by atoms with Gasteiger partial charge in [-0.1, -0.05) is 82.1 Å². The van der Waals surface area contributed by atoms with Crippen molar-refractivity contribution in [2.24, 2.45) is 0 Å². The molecule has 1 N–H and O–H groups in total. The molecule has 1 saturated carbocycles. The maximum absolute atomic E-state index is 12.8. The molecule has 4 nitrogen and oxygen atoms in total. The number of benzene rings is 1. The predicted molar refractivity (Wildman–Crippen MR) is 117 cm³/mol. The van der Waals surface area contributed by atoms with Crippen molar-refractivity contribution >= 4 is 5.91 Å². The Bertz CT molecular complexity index is 722. The van der Waals surface area contributed by atoms with Crippen molar-refractivity contribution in [2.45, 2.75) is 89.6 Å². The first kappa shape index (κ1) is 21.4. The van der Waals surface area contributed by atoms with Crippen LogP contribution in [0.5, 0.6) is 0 Å². The number of nitrogens with zero attached hydrogens (tertiary/aromatic N) is 2. The fourth-order valence-corrected chi connectivity index (χ4v) is 4.52. The van der Waals surface area contributed by atoms with Crippen LogP contribution in [0, 0.1) is 11.3 Å². The zero-order valence-corrected chi connectivity index (χ0v) is 17.7. The largest absolute Gasteiger partial charge is 0.371 e. The number of nitriles is 1. The number of fused-ring (bicyclic) bond motifs is 1. The fraction of sp³-hybridized carbons (Fsp3) is 0.600. The Morgan fingerprint density at radius 2 is 1.55 bits per heavy atom.